The molecule has 0 unspecified atom stereocenters. The molecule has 1 heterocycles. The smallest absolute Gasteiger partial charge is 0.149 e. The second kappa shape index (κ2) is 4.25. The molecular weight excluding hydrogens is 221 g/mol. The standard InChI is InChI=1S/C12H14FN3O/c1-12(2,17)6-14-11-8-4-3-5-9(13)10(8)15-7-16-11/h3-5,7,17H,6H2,1-2H3,(H,14,15,16). The highest BCUT2D eigenvalue weighted by Crippen LogP contribution is 2.21. The van der Waals surface area contributed by atoms with Gasteiger partial charge in [0.05, 0.1) is 5.60 Å². The zero-order valence-corrected chi connectivity index (χ0v) is 9.74. The van der Waals surface area contributed by atoms with Gasteiger partial charge in [-0.3, -0.25) is 0 Å². The molecule has 4 nitrogen and oxygen atoms in total. The van der Waals surface area contributed by atoms with Crippen LogP contribution in [0.2, 0.25) is 0 Å². The minimum absolute atomic E-state index is 0.278. The van der Waals surface area contributed by atoms with Crippen molar-refractivity contribution in [2.45, 2.75) is 19.4 Å². The Labute approximate surface area is 98.5 Å². The molecule has 17 heavy (non-hydrogen) atoms. The maximum atomic E-state index is 13.5. The molecule has 0 radical (unpaired) electrons. The molecule has 0 saturated heterocycles. The number of para-hydroxylation sites is 1. The predicted octanol–water partition coefficient (Wildman–Crippen LogP) is 1.95. The first-order valence-corrected chi connectivity index (χ1v) is 5.33. The molecule has 0 bridgehead atoms. The van der Waals surface area contributed by atoms with Gasteiger partial charge in [-0.1, -0.05) is 6.07 Å². The number of nitrogens with one attached hydrogen (secondary N) is 1. The van der Waals surface area contributed by atoms with Crippen LogP contribution in [-0.2, 0) is 0 Å². The molecule has 0 fully saturated rings. The Bertz CT molecular complexity index is 537. The minimum atomic E-state index is -0.857. The number of benzene rings is 1. The van der Waals surface area contributed by atoms with Gasteiger partial charge < -0.3 is 10.4 Å². The van der Waals surface area contributed by atoms with E-state index in [0.717, 1.165) is 0 Å². The largest absolute Gasteiger partial charge is 0.389 e. The van der Waals surface area contributed by atoms with Gasteiger partial charge in [-0.15, -0.1) is 0 Å². The number of anilines is 1. The highest BCUT2D eigenvalue weighted by atomic mass is 19.1. The Morgan fingerprint density at radius 1 is 1.35 bits per heavy atom. The SMILES string of the molecule is CC(C)(O)CNc1ncnc2c(F)cccc12. The van der Waals surface area contributed by atoms with Crippen molar-refractivity contribution in [1.29, 1.82) is 0 Å². The van der Waals surface area contributed by atoms with Crippen molar-refractivity contribution in [1.82, 2.24) is 9.97 Å². The van der Waals surface area contributed by atoms with Gasteiger partial charge >= 0.3 is 0 Å². The highest BCUT2D eigenvalue weighted by Gasteiger charge is 2.13. The number of rotatable bonds is 3. The summed E-state index contributed by atoms with van der Waals surface area (Å²) in [5.74, 6) is 0.146. The summed E-state index contributed by atoms with van der Waals surface area (Å²) >= 11 is 0. The van der Waals surface area contributed by atoms with Crippen LogP contribution in [0.1, 0.15) is 13.8 Å². The van der Waals surface area contributed by atoms with Gasteiger partial charge in [0.15, 0.2) is 0 Å². The van der Waals surface area contributed by atoms with Crippen LogP contribution in [0.4, 0.5) is 10.2 Å². The van der Waals surface area contributed by atoms with Crippen molar-refractivity contribution in [3.05, 3.63) is 30.3 Å². The molecule has 2 N–H and O–H groups in total. The molecule has 0 saturated carbocycles. The average molecular weight is 235 g/mol. The Balaban J connectivity index is 2.38. The molecule has 1 aromatic heterocycles. The molecule has 0 aliphatic rings. The van der Waals surface area contributed by atoms with E-state index in [4.69, 9.17) is 0 Å². The van der Waals surface area contributed by atoms with E-state index >= 15 is 0 Å². The minimum Gasteiger partial charge on any atom is -0.389 e. The van der Waals surface area contributed by atoms with Crippen LogP contribution in [0.25, 0.3) is 10.9 Å². The Morgan fingerprint density at radius 2 is 2.12 bits per heavy atom. The first kappa shape index (κ1) is 11.7. The zero-order chi connectivity index (χ0) is 12.5. The third-order valence-corrected chi connectivity index (χ3v) is 2.30. The highest BCUT2D eigenvalue weighted by molar-refractivity contribution is 5.89. The molecular formula is C12H14FN3O. The molecule has 0 spiro atoms. The number of halogens is 1. The van der Waals surface area contributed by atoms with E-state index in [9.17, 15) is 9.50 Å². The second-order valence-electron chi connectivity index (χ2n) is 4.52. The van der Waals surface area contributed by atoms with E-state index in [0.29, 0.717) is 17.7 Å². The van der Waals surface area contributed by atoms with E-state index in [1.54, 1.807) is 26.0 Å². The van der Waals surface area contributed by atoms with E-state index < -0.39 is 5.60 Å². The van der Waals surface area contributed by atoms with Crippen LogP contribution in [0.5, 0.6) is 0 Å². The number of aliphatic hydroxyl groups is 1. The number of nitrogens with zero attached hydrogens (tertiary/aromatic N) is 2. The summed E-state index contributed by atoms with van der Waals surface area (Å²) < 4.78 is 13.5. The lowest BCUT2D eigenvalue weighted by Crippen LogP contribution is -2.29. The molecule has 2 aromatic rings. The van der Waals surface area contributed by atoms with Crippen molar-refractivity contribution in [3.63, 3.8) is 0 Å². The van der Waals surface area contributed by atoms with Crippen molar-refractivity contribution >= 4 is 16.7 Å². The van der Waals surface area contributed by atoms with Gasteiger partial charge in [0.25, 0.3) is 0 Å². The zero-order valence-electron chi connectivity index (χ0n) is 9.74. The topological polar surface area (TPSA) is 58.0 Å². The summed E-state index contributed by atoms with van der Waals surface area (Å²) in [6.07, 6.45) is 1.30. The lowest BCUT2D eigenvalue weighted by Gasteiger charge is -2.18. The van der Waals surface area contributed by atoms with E-state index in [2.05, 4.69) is 15.3 Å². The summed E-state index contributed by atoms with van der Waals surface area (Å²) in [6.45, 7) is 3.70. The van der Waals surface area contributed by atoms with Crippen LogP contribution in [0, 0.1) is 5.82 Å². The number of aromatic nitrogens is 2. The van der Waals surface area contributed by atoms with Gasteiger partial charge in [0, 0.05) is 11.9 Å². The quantitative estimate of drug-likeness (QED) is 0.853. The van der Waals surface area contributed by atoms with Crippen molar-refractivity contribution in [3.8, 4) is 0 Å². The van der Waals surface area contributed by atoms with E-state index in [1.165, 1.54) is 12.4 Å². The maximum absolute atomic E-state index is 13.5. The number of hydrogen-bond donors (Lipinski definition) is 2. The third-order valence-electron chi connectivity index (χ3n) is 2.30. The van der Waals surface area contributed by atoms with Crippen LogP contribution < -0.4 is 5.32 Å². The average Bonchev–Trinajstić information content (AvgIpc) is 2.26. The fourth-order valence-electron chi connectivity index (χ4n) is 1.49. The lowest BCUT2D eigenvalue weighted by atomic mass is 10.1. The third kappa shape index (κ3) is 2.68. The summed E-state index contributed by atoms with van der Waals surface area (Å²) in [6, 6.07) is 4.70. The van der Waals surface area contributed by atoms with Crippen molar-refractivity contribution in [2.24, 2.45) is 0 Å². The summed E-state index contributed by atoms with van der Waals surface area (Å²) in [5.41, 5.74) is -0.578. The molecule has 90 valence electrons. The van der Waals surface area contributed by atoms with Gasteiger partial charge in [-0.25, -0.2) is 14.4 Å². The normalized spacial score (nSPS) is 11.8. The molecule has 0 amide bonds. The molecule has 5 heteroatoms. The molecule has 0 aliphatic carbocycles. The monoisotopic (exact) mass is 235 g/mol. The van der Waals surface area contributed by atoms with Gasteiger partial charge in [-0.2, -0.15) is 0 Å². The van der Waals surface area contributed by atoms with E-state index in [-0.39, 0.29) is 11.3 Å². The van der Waals surface area contributed by atoms with Gasteiger partial charge in [0.1, 0.15) is 23.5 Å². The summed E-state index contributed by atoms with van der Waals surface area (Å²) in [4.78, 5) is 7.95. The van der Waals surface area contributed by atoms with Gasteiger partial charge in [-0.05, 0) is 26.0 Å². The Hall–Kier alpha value is -1.75. The molecule has 0 aliphatic heterocycles. The van der Waals surface area contributed by atoms with Crippen molar-refractivity contribution in [2.75, 3.05) is 11.9 Å². The summed E-state index contributed by atoms with van der Waals surface area (Å²) in [7, 11) is 0. The van der Waals surface area contributed by atoms with Gasteiger partial charge in [0.2, 0.25) is 0 Å². The number of fused-ring (bicyclic) bond motifs is 1. The fraction of sp³-hybridized carbons (Fsp3) is 0.333. The van der Waals surface area contributed by atoms with Crippen LogP contribution in [0.15, 0.2) is 24.5 Å². The lowest BCUT2D eigenvalue weighted by molar-refractivity contribution is 0.0944. The van der Waals surface area contributed by atoms with Crippen LogP contribution in [0.3, 0.4) is 0 Å². The molecule has 1 aromatic carbocycles. The maximum Gasteiger partial charge on any atom is 0.149 e. The fourth-order valence-corrected chi connectivity index (χ4v) is 1.49. The first-order valence-electron chi connectivity index (χ1n) is 5.33. The second-order valence-corrected chi connectivity index (χ2v) is 4.52. The first-order chi connectivity index (χ1) is 7.97. The van der Waals surface area contributed by atoms with Crippen LogP contribution in [-0.4, -0.2) is 27.2 Å². The summed E-state index contributed by atoms with van der Waals surface area (Å²) in [5, 5.41) is 13.2. The van der Waals surface area contributed by atoms with Crippen molar-refractivity contribution < 1.29 is 9.50 Å². The Morgan fingerprint density at radius 3 is 2.82 bits per heavy atom. The predicted molar refractivity (Wildman–Crippen MR) is 64.3 cm³/mol. The molecule has 2 rings (SSSR count). The van der Waals surface area contributed by atoms with Crippen LogP contribution >= 0.6 is 0 Å². The molecule has 0 atom stereocenters. The number of hydrogen-bond acceptors (Lipinski definition) is 4. The van der Waals surface area contributed by atoms with E-state index in [1.807, 2.05) is 0 Å². The Kier molecular flexibility index (Phi) is 2.93.